The molecule has 0 aliphatic carbocycles. The van der Waals surface area contributed by atoms with Crippen LogP contribution in [-0.4, -0.2) is 27.6 Å². The van der Waals surface area contributed by atoms with Crippen molar-refractivity contribution in [2.24, 2.45) is 0 Å². The van der Waals surface area contributed by atoms with Crippen molar-refractivity contribution in [2.75, 3.05) is 13.2 Å². The first-order chi connectivity index (χ1) is 9.42. The van der Waals surface area contributed by atoms with Crippen LogP contribution >= 0.6 is 0 Å². The van der Waals surface area contributed by atoms with Crippen molar-refractivity contribution in [3.63, 3.8) is 0 Å². The van der Waals surface area contributed by atoms with Crippen molar-refractivity contribution in [1.29, 1.82) is 0 Å². The average Bonchev–Trinajstić information content (AvgIpc) is 2.91. The van der Waals surface area contributed by atoms with Crippen molar-refractivity contribution in [2.45, 2.75) is 0 Å². The normalized spacial score (nSPS) is 13.7. The lowest BCUT2D eigenvalue weighted by molar-refractivity contribution is 0.171. The Morgan fingerprint density at radius 1 is 1.05 bits per heavy atom. The topological polar surface area (TPSA) is 48.7 Å². The van der Waals surface area contributed by atoms with Crippen LogP contribution in [-0.2, 0) is 0 Å². The van der Waals surface area contributed by atoms with Crippen molar-refractivity contribution in [3.8, 4) is 22.8 Å². The van der Waals surface area contributed by atoms with Crippen LogP contribution in [0.4, 0.5) is 0 Å². The second-order valence-corrected chi connectivity index (χ2v) is 4.31. The number of aromatic nitrogens is 3. The molecule has 0 N–H and O–H groups in total. The lowest BCUT2D eigenvalue weighted by Gasteiger charge is -2.18. The lowest BCUT2D eigenvalue weighted by Crippen LogP contribution is -2.15. The van der Waals surface area contributed by atoms with E-state index in [1.165, 1.54) is 0 Å². The summed E-state index contributed by atoms with van der Waals surface area (Å²) in [7, 11) is 0. The highest BCUT2D eigenvalue weighted by Crippen LogP contribution is 2.34. The molecule has 0 amide bonds. The third-order valence-electron chi connectivity index (χ3n) is 3.16. The molecule has 0 unspecified atom stereocenters. The van der Waals surface area contributed by atoms with Crippen molar-refractivity contribution >= 4 is 5.65 Å². The van der Waals surface area contributed by atoms with Gasteiger partial charge in [-0.3, -0.25) is 9.38 Å². The van der Waals surface area contributed by atoms with Gasteiger partial charge < -0.3 is 9.47 Å². The number of fused-ring (bicyclic) bond motifs is 2. The zero-order valence-electron chi connectivity index (χ0n) is 10.1. The van der Waals surface area contributed by atoms with Crippen LogP contribution in [0.5, 0.6) is 11.5 Å². The molecule has 0 radical (unpaired) electrons. The van der Waals surface area contributed by atoms with E-state index in [-0.39, 0.29) is 0 Å². The summed E-state index contributed by atoms with van der Waals surface area (Å²) in [5.74, 6) is 1.58. The molecule has 19 heavy (non-hydrogen) atoms. The molecular formula is C14H11N3O2. The minimum absolute atomic E-state index is 0.591. The summed E-state index contributed by atoms with van der Waals surface area (Å²) in [5, 5.41) is 0. The van der Waals surface area contributed by atoms with Gasteiger partial charge in [0.05, 0.1) is 18.1 Å². The Morgan fingerprint density at radius 3 is 2.89 bits per heavy atom. The van der Waals surface area contributed by atoms with E-state index in [9.17, 15) is 0 Å². The number of hydrogen-bond acceptors (Lipinski definition) is 4. The summed E-state index contributed by atoms with van der Waals surface area (Å²) in [6.07, 6.45) is 7.22. The Hall–Kier alpha value is -2.56. The molecule has 0 fully saturated rings. The maximum Gasteiger partial charge on any atom is 0.162 e. The molecule has 3 heterocycles. The van der Waals surface area contributed by atoms with Crippen molar-refractivity contribution in [1.82, 2.24) is 14.4 Å². The molecule has 5 heteroatoms. The van der Waals surface area contributed by atoms with Gasteiger partial charge in [-0.2, -0.15) is 0 Å². The summed E-state index contributed by atoms with van der Waals surface area (Å²) < 4.78 is 13.1. The lowest BCUT2D eigenvalue weighted by atomic mass is 10.1. The molecule has 0 spiro atoms. The third-order valence-corrected chi connectivity index (χ3v) is 3.16. The van der Waals surface area contributed by atoms with E-state index in [4.69, 9.17) is 9.47 Å². The summed E-state index contributed by atoms with van der Waals surface area (Å²) in [4.78, 5) is 8.40. The van der Waals surface area contributed by atoms with Gasteiger partial charge >= 0.3 is 0 Å². The molecular weight excluding hydrogens is 242 g/mol. The summed E-state index contributed by atoms with van der Waals surface area (Å²) in [5.41, 5.74) is 2.88. The molecule has 1 aliphatic rings. The highest BCUT2D eigenvalue weighted by Gasteiger charge is 2.14. The van der Waals surface area contributed by atoms with Gasteiger partial charge in [-0.05, 0) is 18.2 Å². The molecule has 94 valence electrons. The Labute approximate surface area is 109 Å². The van der Waals surface area contributed by atoms with Crippen LogP contribution < -0.4 is 9.47 Å². The standard InChI is InChI=1S/C14H11N3O2/c1-2-12-13(19-6-5-18-12)7-10(1)11-8-16-14-9-15-3-4-17(11)14/h1-4,7-9H,5-6H2. The van der Waals surface area contributed by atoms with Gasteiger partial charge in [-0.15, -0.1) is 0 Å². The summed E-state index contributed by atoms with van der Waals surface area (Å²) in [6, 6.07) is 5.93. The predicted octanol–water partition coefficient (Wildman–Crippen LogP) is 2.17. The van der Waals surface area contributed by atoms with Gasteiger partial charge in [-0.1, -0.05) is 0 Å². The summed E-state index contributed by atoms with van der Waals surface area (Å²) in [6.45, 7) is 1.20. The zero-order chi connectivity index (χ0) is 12.7. The van der Waals surface area contributed by atoms with Crippen molar-refractivity contribution < 1.29 is 9.47 Å². The molecule has 3 aromatic rings. The van der Waals surface area contributed by atoms with E-state index in [0.29, 0.717) is 13.2 Å². The van der Waals surface area contributed by atoms with Crippen molar-refractivity contribution in [3.05, 3.63) is 43.0 Å². The van der Waals surface area contributed by atoms with E-state index in [2.05, 4.69) is 9.97 Å². The smallest absolute Gasteiger partial charge is 0.162 e. The fourth-order valence-electron chi connectivity index (χ4n) is 2.26. The Kier molecular flexibility index (Phi) is 2.17. The van der Waals surface area contributed by atoms with Crippen LogP contribution in [0.1, 0.15) is 0 Å². The number of ether oxygens (including phenoxy) is 2. The van der Waals surface area contributed by atoms with E-state index < -0.39 is 0 Å². The number of rotatable bonds is 1. The maximum atomic E-state index is 5.61. The van der Waals surface area contributed by atoms with Gasteiger partial charge in [0.1, 0.15) is 13.2 Å². The SMILES string of the molecule is c1cn2c(-c3ccc4c(c3)OCCO4)cnc2cn1. The predicted molar refractivity (Wildman–Crippen MR) is 69.4 cm³/mol. The Morgan fingerprint density at radius 2 is 1.95 bits per heavy atom. The second-order valence-electron chi connectivity index (χ2n) is 4.31. The fourth-order valence-corrected chi connectivity index (χ4v) is 2.26. The van der Waals surface area contributed by atoms with Gasteiger partial charge in [-0.25, -0.2) is 4.98 Å². The molecule has 1 aliphatic heterocycles. The van der Waals surface area contributed by atoms with Gasteiger partial charge in [0.25, 0.3) is 0 Å². The van der Waals surface area contributed by atoms with Crippen LogP contribution in [0.15, 0.2) is 43.0 Å². The van der Waals surface area contributed by atoms with Gasteiger partial charge in [0.15, 0.2) is 17.1 Å². The van der Waals surface area contributed by atoms with E-state index in [0.717, 1.165) is 28.4 Å². The first kappa shape index (κ1) is 10.4. The van der Waals surface area contributed by atoms with Crippen LogP contribution in [0.25, 0.3) is 16.9 Å². The monoisotopic (exact) mass is 253 g/mol. The first-order valence-electron chi connectivity index (χ1n) is 6.09. The van der Waals surface area contributed by atoms with Gasteiger partial charge in [0.2, 0.25) is 0 Å². The largest absolute Gasteiger partial charge is 0.486 e. The molecule has 0 saturated heterocycles. The Balaban J connectivity index is 1.88. The van der Waals surface area contributed by atoms with E-state index in [1.807, 2.05) is 35.0 Å². The highest BCUT2D eigenvalue weighted by atomic mass is 16.6. The second kappa shape index (κ2) is 3.98. The van der Waals surface area contributed by atoms with E-state index in [1.54, 1.807) is 12.4 Å². The Bertz CT molecular complexity index is 751. The molecule has 0 atom stereocenters. The molecule has 0 saturated carbocycles. The minimum atomic E-state index is 0.591. The number of hydrogen-bond donors (Lipinski definition) is 0. The van der Waals surface area contributed by atoms with Crippen LogP contribution in [0.3, 0.4) is 0 Å². The quantitative estimate of drug-likeness (QED) is 0.667. The molecule has 4 rings (SSSR count). The molecule has 2 aromatic heterocycles. The molecule has 5 nitrogen and oxygen atoms in total. The zero-order valence-corrected chi connectivity index (χ0v) is 10.1. The maximum absolute atomic E-state index is 5.61. The van der Waals surface area contributed by atoms with E-state index >= 15 is 0 Å². The number of benzene rings is 1. The number of imidazole rings is 1. The van der Waals surface area contributed by atoms with Gasteiger partial charge in [0, 0.05) is 18.0 Å². The average molecular weight is 253 g/mol. The highest BCUT2D eigenvalue weighted by molar-refractivity contribution is 5.67. The minimum Gasteiger partial charge on any atom is -0.486 e. The number of nitrogens with zero attached hydrogens (tertiary/aromatic N) is 3. The first-order valence-corrected chi connectivity index (χ1v) is 6.09. The molecule has 0 bridgehead atoms. The van der Waals surface area contributed by atoms with Crippen LogP contribution in [0, 0.1) is 0 Å². The van der Waals surface area contributed by atoms with Crippen LogP contribution in [0.2, 0.25) is 0 Å². The third kappa shape index (κ3) is 1.62. The summed E-state index contributed by atoms with van der Waals surface area (Å²) >= 11 is 0. The fraction of sp³-hybridized carbons (Fsp3) is 0.143. The molecule has 1 aromatic carbocycles.